The summed E-state index contributed by atoms with van der Waals surface area (Å²) in [7, 11) is 0. The monoisotopic (exact) mass is 297 g/mol. The molecule has 20 heavy (non-hydrogen) atoms. The highest BCUT2D eigenvalue weighted by Crippen LogP contribution is 2.12. The lowest BCUT2D eigenvalue weighted by molar-refractivity contribution is 0.173. The minimum atomic E-state index is -0.0742. The third kappa shape index (κ3) is 3.43. The largest absolute Gasteiger partial charge is 0.396 e. The Hall–Kier alpha value is -1.28. The second kappa shape index (κ2) is 6.94. The van der Waals surface area contributed by atoms with Gasteiger partial charge in [-0.2, -0.15) is 0 Å². The third-order valence-electron chi connectivity index (χ3n) is 3.06. The smallest absolute Gasteiger partial charge is 0.259 e. The standard InChI is InChI=1S/C13H19N3O3S/c1-10-9-20-13-14-11(7-12(19)16(10)13)8-15(4-6-18)3-2-5-17/h7,9,17-18H,2-6,8H2,1H3. The maximum atomic E-state index is 12.1. The second-order valence-corrected chi connectivity index (χ2v) is 5.49. The van der Waals surface area contributed by atoms with Crippen LogP contribution < -0.4 is 5.56 Å². The number of hydrogen-bond donors (Lipinski definition) is 2. The van der Waals surface area contributed by atoms with Crippen LogP contribution in [-0.2, 0) is 6.54 Å². The van der Waals surface area contributed by atoms with Gasteiger partial charge < -0.3 is 10.2 Å². The fourth-order valence-corrected chi connectivity index (χ4v) is 3.01. The molecule has 0 aliphatic carbocycles. The number of aromatic nitrogens is 2. The second-order valence-electron chi connectivity index (χ2n) is 4.66. The highest BCUT2D eigenvalue weighted by Gasteiger charge is 2.10. The molecule has 0 aromatic carbocycles. The van der Waals surface area contributed by atoms with Gasteiger partial charge in [0.2, 0.25) is 0 Å². The average molecular weight is 297 g/mol. The van der Waals surface area contributed by atoms with Crippen LogP contribution in [0, 0.1) is 6.92 Å². The fourth-order valence-electron chi connectivity index (χ4n) is 2.12. The summed E-state index contributed by atoms with van der Waals surface area (Å²) in [6.07, 6.45) is 0.638. The lowest BCUT2D eigenvalue weighted by Gasteiger charge is -2.20. The van der Waals surface area contributed by atoms with Gasteiger partial charge in [0.15, 0.2) is 4.96 Å². The topological polar surface area (TPSA) is 78.1 Å². The highest BCUT2D eigenvalue weighted by atomic mass is 32.1. The van der Waals surface area contributed by atoms with Crippen LogP contribution in [0.2, 0.25) is 0 Å². The molecule has 0 aliphatic heterocycles. The number of thiazole rings is 1. The Kier molecular flexibility index (Phi) is 5.24. The first-order valence-electron chi connectivity index (χ1n) is 6.56. The molecule has 0 amide bonds. The van der Waals surface area contributed by atoms with Crippen LogP contribution in [0.5, 0.6) is 0 Å². The summed E-state index contributed by atoms with van der Waals surface area (Å²) in [6, 6.07) is 1.54. The van der Waals surface area contributed by atoms with E-state index in [0.717, 1.165) is 5.69 Å². The molecular formula is C13H19N3O3S. The molecule has 0 saturated heterocycles. The minimum absolute atomic E-state index is 0.0464. The van der Waals surface area contributed by atoms with E-state index < -0.39 is 0 Å². The molecule has 0 unspecified atom stereocenters. The Labute approximate surface area is 120 Å². The van der Waals surface area contributed by atoms with Gasteiger partial charge in [0.25, 0.3) is 5.56 Å². The predicted molar refractivity (Wildman–Crippen MR) is 78.1 cm³/mol. The van der Waals surface area contributed by atoms with Gasteiger partial charge in [-0.3, -0.25) is 14.1 Å². The lowest BCUT2D eigenvalue weighted by Crippen LogP contribution is -2.29. The van der Waals surface area contributed by atoms with E-state index in [2.05, 4.69) is 4.98 Å². The molecule has 7 heteroatoms. The Balaban J connectivity index is 2.21. The molecule has 2 aromatic rings. The predicted octanol–water partition coefficient (Wildman–Crippen LogP) is 0.241. The third-order valence-corrected chi connectivity index (χ3v) is 4.01. The summed E-state index contributed by atoms with van der Waals surface area (Å²) in [4.78, 5) is 19.2. The zero-order chi connectivity index (χ0) is 14.5. The normalized spacial score (nSPS) is 11.6. The first-order valence-corrected chi connectivity index (χ1v) is 7.44. The van der Waals surface area contributed by atoms with Crippen LogP contribution in [0.3, 0.4) is 0 Å². The van der Waals surface area contributed by atoms with Crippen LogP contribution in [0.15, 0.2) is 16.2 Å². The SMILES string of the molecule is Cc1csc2nc(CN(CCO)CCCO)cc(=O)n12. The summed E-state index contributed by atoms with van der Waals surface area (Å²) < 4.78 is 1.60. The van der Waals surface area contributed by atoms with Crippen molar-refractivity contribution in [2.45, 2.75) is 19.9 Å². The van der Waals surface area contributed by atoms with Gasteiger partial charge in [0, 0.05) is 43.4 Å². The number of aliphatic hydroxyl groups excluding tert-OH is 2. The number of fused-ring (bicyclic) bond motifs is 1. The number of aryl methyl sites for hydroxylation is 1. The molecule has 2 N–H and O–H groups in total. The van der Waals surface area contributed by atoms with E-state index in [1.165, 1.54) is 17.4 Å². The molecule has 2 rings (SSSR count). The van der Waals surface area contributed by atoms with Crippen molar-refractivity contribution >= 4 is 16.3 Å². The van der Waals surface area contributed by atoms with Crippen LogP contribution in [0.25, 0.3) is 4.96 Å². The molecule has 0 fully saturated rings. The lowest BCUT2D eigenvalue weighted by atomic mass is 10.3. The summed E-state index contributed by atoms with van der Waals surface area (Å²) in [6.45, 7) is 3.72. The van der Waals surface area contributed by atoms with E-state index in [1.807, 2.05) is 17.2 Å². The van der Waals surface area contributed by atoms with Gasteiger partial charge >= 0.3 is 0 Å². The highest BCUT2D eigenvalue weighted by molar-refractivity contribution is 7.15. The van der Waals surface area contributed by atoms with Crippen molar-refractivity contribution in [3.8, 4) is 0 Å². The minimum Gasteiger partial charge on any atom is -0.396 e. The average Bonchev–Trinajstić information content (AvgIpc) is 2.78. The van der Waals surface area contributed by atoms with Crippen LogP contribution in [-0.4, -0.2) is 50.8 Å². The zero-order valence-corrected chi connectivity index (χ0v) is 12.3. The van der Waals surface area contributed by atoms with Crippen LogP contribution in [0.4, 0.5) is 0 Å². The molecule has 110 valence electrons. The summed E-state index contributed by atoms with van der Waals surface area (Å²) in [5, 5.41) is 19.8. The molecule has 0 spiro atoms. The van der Waals surface area contributed by atoms with E-state index in [-0.39, 0.29) is 18.8 Å². The Bertz CT molecular complexity index is 623. The molecule has 2 heterocycles. The van der Waals surface area contributed by atoms with Crippen molar-refractivity contribution in [1.82, 2.24) is 14.3 Å². The number of aliphatic hydroxyl groups is 2. The van der Waals surface area contributed by atoms with E-state index in [9.17, 15) is 4.79 Å². The van der Waals surface area contributed by atoms with E-state index in [4.69, 9.17) is 10.2 Å². The summed E-state index contributed by atoms with van der Waals surface area (Å²) in [5.74, 6) is 0. The number of hydrogen-bond acceptors (Lipinski definition) is 6. The van der Waals surface area contributed by atoms with Crippen molar-refractivity contribution in [2.75, 3.05) is 26.3 Å². The molecule has 0 saturated carbocycles. The first kappa shape index (κ1) is 15.1. The molecular weight excluding hydrogens is 278 g/mol. The number of nitrogens with zero attached hydrogens (tertiary/aromatic N) is 3. The van der Waals surface area contributed by atoms with Gasteiger partial charge in [-0.1, -0.05) is 0 Å². The molecule has 0 aliphatic rings. The van der Waals surface area contributed by atoms with Crippen molar-refractivity contribution in [3.05, 3.63) is 33.2 Å². The molecule has 0 radical (unpaired) electrons. The van der Waals surface area contributed by atoms with Gasteiger partial charge in [0.1, 0.15) is 0 Å². The summed E-state index contributed by atoms with van der Waals surface area (Å²) >= 11 is 1.44. The molecule has 6 nitrogen and oxygen atoms in total. The maximum Gasteiger partial charge on any atom is 0.259 e. The molecule has 0 bridgehead atoms. The fraction of sp³-hybridized carbons (Fsp3) is 0.538. The zero-order valence-electron chi connectivity index (χ0n) is 11.4. The Morgan fingerprint density at radius 2 is 2.15 bits per heavy atom. The van der Waals surface area contributed by atoms with E-state index >= 15 is 0 Å². The van der Waals surface area contributed by atoms with E-state index in [1.54, 1.807) is 4.40 Å². The Morgan fingerprint density at radius 1 is 1.35 bits per heavy atom. The van der Waals surface area contributed by atoms with Gasteiger partial charge in [-0.25, -0.2) is 4.98 Å². The molecule has 0 atom stereocenters. The summed E-state index contributed by atoms with van der Waals surface area (Å²) in [5.41, 5.74) is 1.51. The van der Waals surface area contributed by atoms with Crippen molar-refractivity contribution in [2.24, 2.45) is 0 Å². The van der Waals surface area contributed by atoms with Crippen LogP contribution in [0.1, 0.15) is 17.8 Å². The van der Waals surface area contributed by atoms with Gasteiger partial charge in [-0.05, 0) is 13.3 Å². The van der Waals surface area contributed by atoms with Crippen molar-refractivity contribution in [1.29, 1.82) is 0 Å². The van der Waals surface area contributed by atoms with Gasteiger partial charge in [-0.15, -0.1) is 11.3 Å². The maximum absolute atomic E-state index is 12.1. The Morgan fingerprint density at radius 3 is 2.85 bits per heavy atom. The molecule has 2 aromatic heterocycles. The number of rotatable bonds is 7. The first-order chi connectivity index (χ1) is 9.65. The van der Waals surface area contributed by atoms with E-state index in [0.29, 0.717) is 36.7 Å². The van der Waals surface area contributed by atoms with Crippen LogP contribution >= 0.6 is 11.3 Å². The van der Waals surface area contributed by atoms with Crippen molar-refractivity contribution in [3.63, 3.8) is 0 Å². The van der Waals surface area contributed by atoms with Gasteiger partial charge in [0.05, 0.1) is 12.3 Å². The quantitative estimate of drug-likeness (QED) is 0.765. The van der Waals surface area contributed by atoms with Crippen molar-refractivity contribution < 1.29 is 10.2 Å².